The lowest BCUT2D eigenvalue weighted by Crippen LogP contribution is -2.22. The number of hydrogen-bond donors (Lipinski definition) is 1. The van der Waals surface area contributed by atoms with Gasteiger partial charge in [-0.2, -0.15) is 0 Å². The Hall–Kier alpha value is -1.94. The molecule has 0 saturated carbocycles. The minimum atomic E-state index is -0.229. The minimum absolute atomic E-state index is 0.229. The second-order valence-electron chi connectivity index (χ2n) is 4.89. The van der Waals surface area contributed by atoms with E-state index in [0.717, 1.165) is 43.1 Å². The summed E-state index contributed by atoms with van der Waals surface area (Å²) in [5, 5.41) is 3.39. The Morgan fingerprint density at radius 2 is 2.05 bits per heavy atom. The standard InChI is InChI=1S/C17H22FN3/c1-3-10-19-13-14-7-6-11-20-17(14)21(4-2)16-9-5-8-15(18)12-16/h5-9,11-12,19H,3-4,10,13H2,1-2H3. The maximum absolute atomic E-state index is 13.5. The van der Waals surface area contributed by atoms with Crippen molar-refractivity contribution in [2.75, 3.05) is 18.0 Å². The molecule has 1 N–H and O–H groups in total. The molecule has 0 fully saturated rings. The van der Waals surface area contributed by atoms with E-state index in [9.17, 15) is 4.39 Å². The average Bonchev–Trinajstić information content (AvgIpc) is 2.50. The van der Waals surface area contributed by atoms with Crippen molar-refractivity contribution in [3.05, 3.63) is 54.0 Å². The molecule has 0 saturated heterocycles. The molecule has 4 heteroatoms. The molecule has 0 radical (unpaired) electrons. The van der Waals surface area contributed by atoms with Gasteiger partial charge in [-0.05, 0) is 44.2 Å². The molecule has 2 rings (SSSR count). The van der Waals surface area contributed by atoms with Gasteiger partial charge in [0.15, 0.2) is 0 Å². The Balaban J connectivity index is 2.29. The number of pyridine rings is 1. The third-order valence-electron chi connectivity index (χ3n) is 3.30. The van der Waals surface area contributed by atoms with Gasteiger partial charge in [-0.25, -0.2) is 9.37 Å². The molecule has 2 aromatic rings. The highest BCUT2D eigenvalue weighted by atomic mass is 19.1. The van der Waals surface area contributed by atoms with Crippen LogP contribution >= 0.6 is 0 Å². The molecule has 0 unspecified atom stereocenters. The van der Waals surface area contributed by atoms with E-state index in [1.807, 2.05) is 24.0 Å². The quantitative estimate of drug-likeness (QED) is 0.783. The van der Waals surface area contributed by atoms with Crippen molar-refractivity contribution in [3.63, 3.8) is 0 Å². The topological polar surface area (TPSA) is 28.2 Å². The lowest BCUT2D eigenvalue weighted by Gasteiger charge is -2.24. The van der Waals surface area contributed by atoms with Gasteiger partial charge in [0.1, 0.15) is 11.6 Å². The van der Waals surface area contributed by atoms with Crippen molar-refractivity contribution in [1.29, 1.82) is 0 Å². The Kier molecular flexibility index (Phi) is 5.69. The van der Waals surface area contributed by atoms with Gasteiger partial charge in [-0.15, -0.1) is 0 Å². The Bertz CT molecular complexity index is 571. The number of aromatic nitrogens is 1. The van der Waals surface area contributed by atoms with Gasteiger partial charge in [0.2, 0.25) is 0 Å². The van der Waals surface area contributed by atoms with Crippen LogP contribution in [0.25, 0.3) is 0 Å². The van der Waals surface area contributed by atoms with Crippen molar-refractivity contribution in [2.45, 2.75) is 26.8 Å². The van der Waals surface area contributed by atoms with Crippen LogP contribution in [0.15, 0.2) is 42.6 Å². The zero-order chi connectivity index (χ0) is 15.1. The number of anilines is 2. The van der Waals surface area contributed by atoms with E-state index in [-0.39, 0.29) is 5.82 Å². The zero-order valence-corrected chi connectivity index (χ0v) is 12.6. The van der Waals surface area contributed by atoms with E-state index in [1.165, 1.54) is 6.07 Å². The lowest BCUT2D eigenvalue weighted by molar-refractivity contribution is 0.627. The molecule has 3 nitrogen and oxygen atoms in total. The Morgan fingerprint density at radius 1 is 1.19 bits per heavy atom. The molecule has 21 heavy (non-hydrogen) atoms. The van der Waals surface area contributed by atoms with Crippen LogP contribution in [0.5, 0.6) is 0 Å². The highest BCUT2D eigenvalue weighted by Crippen LogP contribution is 2.26. The number of rotatable bonds is 7. The van der Waals surface area contributed by atoms with Gasteiger partial charge >= 0.3 is 0 Å². The molecular weight excluding hydrogens is 265 g/mol. The first-order chi connectivity index (χ1) is 10.3. The largest absolute Gasteiger partial charge is 0.326 e. The van der Waals surface area contributed by atoms with Crippen LogP contribution in [-0.2, 0) is 6.54 Å². The average molecular weight is 287 g/mol. The fourth-order valence-electron chi connectivity index (χ4n) is 2.31. The molecule has 0 aliphatic heterocycles. The molecule has 1 aromatic carbocycles. The number of benzene rings is 1. The predicted molar refractivity (Wildman–Crippen MR) is 85.3 cm³/mol. The summed E-state index contributed by atoms with van der Waals surface area (Å²) in [5.41, 5.74) is 1.95. The second kappa shape index (κ2) is 7.74. The van der Waals surface area contributed by atoms with Crippen LogP contribution in [0.3, 0.4) is 0 Å². The predicted octanol–water partition coefficient (Wildman–Crippen LogP) is 3.88. The van der Waals surface area contributed by atoms with Crippen LogP contribution in [-0.4, -0.2) is 18.1 Å². The second-order valence-corrected chi connectivity index (χ2v) is 4.89. The van der Waals surface area contributed by atoms with E-state index in [0.29, 0.717) is 0 Å². The summed E-state index contributed by atoms with van der Waals surface area (Å²) in [7, 11) is 0. The number of nitrogens with one attached hydrogen (secondary N) is 1. The Labute approximate surface area is 125 Å². The van der Waals surface area contributed by atoms with Crippen LogP contribution in [0.4, 0.5) is 15.9 Å². The first kappa shape index (κ1) is 15.4. The first-order valence-electron chi connectivity index (χ1n) is 7.44. The first-order valence-corrected chi connectivity index (χ1v) is 7.44. The molecule has 0 aliphatic carbocycles. The highest BCUT2D eigenvalue weighted by molar-refractivity contribution is 5.62. The zero-order valence-electron chi connectivity index (χ0n) is 12.6. The van der Waals surface area contributed by atoms with Gasteiger partial charge in [0.05, 0.1) is 0 Å². The fraction of sp³-hybridized carbons (Fsp3) is 0.353. The van der Waals surface area contributed by atoms with Crippen molar-refractivity contribution in [3.8, 4) is 0 Å². The monoisotopic (exact) mass is 287 g/mol. The third-order valence-corrected chi connectivity index (χ3v) is 3.30. The van der Waals surface area contributed by atoms with Crippen molar-refractivity contribution < 1.29 is 4.39 Å². The SMILES string of the molecule is CCCNCc1cccnc1N(CC)c1cccc(F)c1. The van der Waals surface area contributed by atoms with E-state index in [2.05, 4.69) is 23.3 Å². The number of halogens is 1. The highest BCUT2D eigenvalue weighted by Gasteiger charge is 2.13. The molecule has 0 bridgehead atoms. The van der Waals surface area contributed by atoms with E-state index < -0.39 is 0 Å². The van der Waals surface area contributed by atoms with Crippen LogP contribution < -0.4 is 10.2 Å². The fourth-order valence-corrected chi connectivity index (χ4v) is 2.31. The maximum atomic E-state index is 13.5. The van der Waals surface area contributed by atoms with Crippen molar-refractivity contribution >= 4 is 11.5 Å². The summed E-state index contributed by atoms with van der Waals surface area (Å²) < 4.78 is 13.5. The molecule has 0 amide bonds. The molecule has 0 aliphatic rings. The summed E-state index contributed by atoms with van der Waals surface area (Å²) >= 11 is 0. The van der Waals surface area contributed by atoms with E-state index >= 15 is 0 Å². The lowest BCUT2D eigenvalue weighted by atomic mass is 10.2. The van der Waals surface area contributed by atoms with Crippen LogP contribution in [0, 0.1) is 5.82 Å². The minimum Gasteiger partial charge on any atom is -0.326 e. The van der Waals surface area contributed by atoms with E-state index in [4.69, 9.17) is 0 Å². The molecule has 0 spiro atoms. The van der Waals surface area contributed by atoms with Crippen LogP contribution in [0.1, 0.15) is 25.8 Å². The molecule has 1 heterocycles. The van der Waals surface area contributed by atoms with Crippen molar-refractivity contribution in [2.24, 2.45) is 0 Å². The summed E-state index contributed by atoms with van der Waals surface area (Å²) in [6.45, 7) is 6.66. The molecular formula is C17H22FN3. The summed E-state index contributed by atoms with van der Waals surface area (Å²) in [5.74, 6) is 0.654. The summed E-state index contributed by atoms with van der Waals surface area (Å²) in [4.78, 5) is 6.53. The normalized spacial score (nSPS) is 10.6. The van der Waals surface area contributed by atoms with Gasteiger partial charge < -0.3 is 10.2 Å². The van der Waals surface area contributed by atoms with Gasteiger partial charge in [0.25, 0.3) is 0 Å². The van der Waals surface area contributed by atoms with Crippen LogP contribution in [0.2, 0.25) is 0 Å². The maximum Gasteiger partial charge on any atom is 0.137 e. The third kappa shape index (κ3) is 4.02. The van der Waals surface area contributed by atoms with Crippen molar-refractivity contribution in [1.82, 2.24) is 10.3 Å². The summed E-state index contributed by atoms with van der Waals surface area (Å²) in [6.07, 6.45) is 2.87. The van der Waals surface area contributed by atoms with Gasteiger partial charge in [0, 0.05) is 30.5 Å². The van der Waals surface area contributed by atoms with Gasteiger partial charge in [-0.1, -0.05) is 19.1 Å². The molecule has 1 aromatic heterocycles. The van der Waals surface area contributed by atoms with Gasteiger partial charge in [-0.3, -0.25) is 0 Å². The molecule has 112 valence electrons. The summed E-state index contributed by atoms with van der Waals surface area (Å²) in [6, 6.07) is 10.6. The Morgan fingerprint density at radius 3 is 2.76 bits per heavy atom. The molecule has 0 atom stereocenters. The smallest absolute Gasteiger partial charge is 0.137 e. The van der Waals surface area contributed by atoms with E-state index in [1.54, 1.807) is 18.3 Å². The number of hydrogen-bond acceptors (Lipinski definition) is 3. The number of nitrogens with zero attached hydrogens (tertiary/aromatic N) is 2.